The van der Waals surface area contributed by atoms with Crippen LogP contribution in [0.3, 0.4) is 0 Å². The molecule has 10 nitrogen and oxygen atoms in total. The second kappa shape index (κ2) is 13.0. The maximum absolute atomic E-state index is 13.4. The van der Waals surface area contributed by atoms with E-state index in [9.17, 15) is 23.1 Å². The first-order valence-corrected chi connectivity index (χ1v) is 14.9. The molecule has 0 radical (unpaired) electrons. The number of benzene rings is 2. The fraction of sp³-hybridized carbons (Fsp3) is 0.345. The Hall–Kier alpha value is -3.51. The number of carbonyl (C=O) groups excluding carboxylic acids is 2. The Morgan fingerprint density at radius 2 is 1.88 bits per heavy atom. The number of ether oxygens (including phenoxy) is 1. The molecule has 12 heteroatoms. The molecule has 0 aliphatic carbocycles. The van der Waals surface area contributed by atoms with Gasteiger partial charge in [0.2, 0.25) is 15.9 Å². The van der Waals surface area contributed by atoms with Crippen LogP contribution in [-0.2, 0) is 21.2 Å². The number of hydrogen-bond acceptors (Lipinski definition) is 7. The molecule has 4 rings (SSSR count). The van der Waals surface area contributed by atoms with Gasteiger partial charge in [-0.1, -0.05) is 18.5 Å². The van der Waals surface area contributed by atoms with Crippen molar-refractivity contribution in [2.75, 3.05) is 32.1 Å². The molecule has 3 atom stereocenters. The van der Waals surface area contributed by atoms with Crippen LogP contribution >= 0.6 is 11.6 Å². The first-order valence-electron chi connectivity index (χ1n) is 13.1. The van der Waals surface area contributed by atoms with E-state index in [4.69, 9.17) is 16.3 Å². The molecule has 2 aromatic carbocycles. The molecule has 1 aromatic heterocycles. The smallest absolute Gasteiger partial charge is 0.255 e. The van der Waals surface area contributed by atoms with Crippen molar-refractivity contribution in [1.82, 2.24) is 14.2 Å². The Balaban J connectivity index is 1.65. The van der Waals surface area contributed by atoms with Crippen LogP contribution in [0.5, 0.6) is 5.75 Å². The second-order valence-electron chi connectivity index (χ2n) is 10.1. The molecule has 1 aliphatic rings. The van der Waals surface area contributed by atoms with E-state index in [2.05, 4.69) is 10.3 Å². The molecule has 218 valence electrons. The Morgan fingerprint density at radius 3 is 2.54 bits per heavy atom. The van der Waals surface area contributed by atoms with Gasteiger partial charge in [0.25, 0.3) is 5.91 Å². The number of aliphatic hydroxyl groups excluding tert-OH is 1. The third-order valence-corrected chi connectivity index (χ3v) is 9.17. The highest BCUT2D eigenvalue weighted by Crippen LogP contribution is 2.30. The number of rotatable bonds is 8. The maximum atomic E-state index is 13.4. The number of carbonyl (C=O) groups is 2. The SMILES string of the molecule is C[C@@H]1CN([C@@H](C)CO)C(=O)Cc2cc(NC(=O)c3ccncc3)ccc2O[C@@H]1CN(C)S(=O)(=O)c1ccc(Cl)cc1. The predicted molar refractivity (Wildman–Crippen MR) is 155 cm³/mol. The molecule has 3 aromatic rings. The number of likely N-dealkylation sites (N-methyl/N-ethyl adjacent to an activating group) is 1. The van der Waals surface area contributed by atoms with E-state index in [0.29, 0.717) is 27.6 Å². The number of aromatic nitrogens is 1. The molecule has 2 heterocycles. The molecule has 0 fully saturated rings. The third-order valence-electron chi connectivity index (χ3n) is 7.08. The summed E-state index contributed by atoms with van der Waals surface area (Å²) >= 11 is 5.94. The topological polar surface area (TPSA) is 129 Å². The van der Waals surface area contributed by atoms with Crippen molar-refractivity contribution in [2.24, 2.45) is 5.92 Å². The fourth-order valence-corrected chi connectivity index (χ4v) is 5.88. The van der Waals surface area contributed by atoms with Crippen molar-refractivity contribution < 1.29 is 27.9 Å². The minimum atomic E-state index is -3.86. The summed E-state index contributed by atoms with van der Waals surface area (Å²) in [6, 6.07) is 13.7. The lowest BCUT2D eigenvalue weighted by molar-refractivity contribution is -0.134. The van der Waals surface area contributed by atoms with Gasteiger partial charge in [-0.15, -0.1) is 0 Å². The number of anilines is 1. The van der Waals surface area contributed by atoms with Gasteiger partial charge >= 0.3 is 0 Å². The normalized spacial score (nSPS) is 18.5. The Bertz CT molecular complexity index is 1490. The van der Waals surface area contributed by atoms with Gasteiger partial charge in [0.1, 0.15) is 11.9 Å². The zero-order valence-corrected chi connectivity index (χ0v) is 24.6. The van der Waals surface area contributed by atoms with Crippen LogP contribution in [0.15, 0.2) is 71.9 Å². The Labute approximate surface area is 245 Å². The van der Waals surface area contributed by atoms with Crippen LogP contribution in [0.25, 0.3) is 0 Å². The number of hydrogen-bond donors (Lipinski definition) is 2. The number of nitrogens with zero attached hydrogens (tertiary/aromatic N) is 3. The standard InChI is InChI=1S/C29H33ClN4O6S/c1-19-16-34(20(2)18-35)28(36)15-22-14-24(32-29(37)21-10-12-31-13-11-21)6-9-26(22)40-27(19)17-33(3)41(38,39)25-7-4-23(30)5-8-25/h4-14,19-20,27,35H,15-18H2,1-3H3,(H,32,37)/t19-,20+,27-/m1/s1. The number of fused-ring (bicyclic) bond motifs is 1. The number of halogens is 1. The van der Waals surface area contributed by atoms with E-state index in [1.54, 1.807) is 42.2 Å². The van der Waals surface area contributed by atoms with Crippen LogP contribution in [0.1, 0.15) is 29.8 Å². The maximum Gasteiger partial charge on any atom is 0.255 e. The third kappa shape index (κ3) is 7.23. The number of nitrogens with one attached hydrogen (secondary N) is 1. The fourth-order valence-electron chi connectivity index (χ4n) is 4.57. The van der Waals surface area contributed by atoms with E-state index >= 15 is 0 Å². The molecule has 0 saturated carbocycles. The minimum absolute atomic E-state index is 0.00162. The lowest BCUT2D eigenvalue weighted by Crippen LogP contribution is -2.48. The van der Waals surface area contributed by atoms with Crippen molar-refractivity contribution in [1.29, 1.82) is 0 Å². The Kier molecular flexibility index (Phi) is 9.64. The monoisotopic (exact) mass is 600 g/mol. The summed E-state index contributed by atoms with van der Waals surface area (Å²) in [5.41, 5.74) is 1.42. The summed E-state index contributed by atoms with van der Waals surface area (Å²) in [6.07, 6.45) is 2.37. The van der Waals surface area contributed by atoms with E-state index in [1.807, 2.05) is 6.92 Å². The quantitative estimate of drug-likeness (QED) is 0.405. The molecular formula is C29H33ClN4O6S. The van der Waals surface area contributed by atoms with Crippen molar-refractivity contribution in [3.05, 3.63) is 83.1 Å². The molecule has 41 heavy (non-hydrogen) atoms. The molecule has 0 spiro atoms. The predicted octanol–water partition coefficient (Wildman–Crippen LogP) is 3.46. The summed E-state index contributed by atoms with van der Waals surface area (Å²) in [6.45, 7) is 3.65. The average Bonchev–Trinajstić information content (AvgIpc) is 3.00. The van der Waals surface area contributed by atoms with Gasteiger partial charge in [-0.25, -0.2) is 8.42 Å². The van der Waals surface area contributed by atoms with E-state index in [1.165, 1.54) is 48.0 Å². The molecule has 2 N–H and O–H groups in total. The largest absolute Gasteiger partial charge is 0.488 e. The van der Waals surface area contributed by atoms with Crippen molar-refractivity contribution in [3.63, 3.8) is 0 Å². The van der Waals surface area contributed by atoms with Crippen LogP contribution in [0, 0.1) is 5.92 Å². The molecule has 2 amide bonds. The number of amides is 2. The lowest BCUT2D eigenvalue weighted by atomic mass is 10.0. The summed E-state index contributed by atoms with van der Waals surface area (Å²) in [5, 5.41) is 13.1. The second-order valence-corrected chi connectivity index (χ2v) is 12.6. The van der Waals surface area contributed by atoms with Crippen molar-refractivity contribution >= 4 is 39.1 Å². The van der Waals surface area contributed by atoms with Gasteiger partial charge in [0.15, 0.2) is 0 Å². The van der Waals surface area contributed by atoms with E-state index in [-0.39, 0.29) is 48.7 Å². The first kappa shape index (κ1) is 30.4. The number of sulfonamides is 1. The summed E-state index contributed by atoms with van der Waals surface area (Å²) in [7, 11) is -2.38. The van der Waals surface area contributed by atoms with Gasteiger partial charge in [-0.2, -0.15) is 4.31 Å². The van der Waals surface area contributed by atoms with Crippen LogP contribution < -0.4 is 10.1 Å². The highest BCUT2D eigenvalue weighted by molar-refractivity contribution is 7.89. The van der Waals surface area contributed by atoms with Crippen LogP contribution in [0.2, 0.25) is 5.02 Å². The highest BCUT2D eigenvalue weighted by Gasteiger charge is 2.33. The number of pyridine rings is 1. The minimum Gasteiger partial charge on any atom is -0.488 e. The van der Waals surface area contributed by atoms with Gasteiger partial charge < -0.3 is 20.1 Å². The van der Waals surface area contributed by atoms with Crippen molar-refractivity contribution in [3.8, 4) is 5.75 Å². The van der Waals surface area contributed by atoms with Gasteiger partial charge in [0.05, 0.1) is 30.5 Å². The molecule has 0 bridgehead atoms. The zero-order valence-electron chi connectivity index (χ0n) is 23.0. The average molecular weight is 601 g/mol. The van der Waals surface area contributed by atoms with Gasteiger partial charge in [-0.3, -0.25) is 14.6 Å². The summed E-state index contributed by atoms with van der Waals surface area (Å²) < 4.78 is 34.3. The van der Waals surface area contributed by atoms with Crippen LogP contribution in [-0.4, -0.2) is 78.4 Å². The first-order chi connectivity index (χ1) is 19.5. The molecule has 1 aliphatic heterocycles. The molecular weight excluding hydrogens is 568 g/mol. The summed E-state index contributed by atoms with van der Waals surface area (Å²) in [4.78, 5) is 31.8. The Morgan fingerprint density at radius 1 is 1.20 bits per heavy atom. The van der Waals surface area contributed by atoms with E-state index < -0.39 is 22.2 Å². The van der Waals surface area contributed by atoms with Gasteiger partial charge in [0, 0.05) is 53.7 Å². The van der Waals surface area contributed by atoms with Gasteiger partial charge in [-0.05, 0) is 61.5 Å². The van der Waals surface area contributed by atoms with E-state index in [0.717, 1.165) is 0 Å². The number of aliphatic hydroxyl groups is 1. The zero-order chi connectivity index (χ0) is 29.7. The summed E-state index contributed by atoms with van der Waals surface area (Å²) in [5.74, 6) is -0.442. The molecule has 0 unspecified atom stereocenters. The highest BCUT2D eigenvalue weighted by atomic mass is 35.5. The van der Waals surface area contributed by atoms with Crippen molar-refractivity contribution in [2.45, 2.75) is 37.3 Å². The molecule has 0 saturated heterocycles. The lowest BCUT2D eigenvalue weighted by Gasteiger charge is -2.33. The van der Waals surface area contributed by atoms with Crippen LogP contribution in [0.4, 0.5) is 5.69 Å².